The maximum Gasteiger partial charge on any atom is 0.126 e. The van der Waals surface area contributed by atoms with Gasteiger partial charge in [0.1, 0.15) is 11.5 Å². The van der Waals surface area contributed by atoms with Gasteiger partial charge in [-0.15, -0.1) is 11.3 Å². The number of furan rings is 1. The summed E-state index contributed by atoms with van der Waals surface area (Å²) in [5.74, 6) is 1.74. The summed E-state index contributed by atoms with van der Waals surface area (Å²) in [6.45, 7) is 1.92. The molecule has 2 aromatic rings. The van der Waals surface area contributed by atoms with Gasteiger partial charge < -0.3 is 10.2 Å². The Hall–Kier alpha value is -1.06. The first kappa shape index (κ1) is 8.53. The summed E-state index contributed by atoms with van der Waals surface area (Å²) >= 11 is 1.65. The van der Waals surface area contributed by atoms with E-state index >= 15 is 0 Å². The first-order valence-corrected chi connectivity index (χ1v) is 5.00. The van der Waals surface area contributed by atoms with Gasteiger partial charge in [-0.25, -0.2) is 0 Å². The molecule has 2 nitrogen and oxygen atoms in total. The van der Waals surface area contributed by atoms with Crippen molar-refractivity contribution in [2.24, 2.45) is 5.73 Å². The van der Waals surface area contributed by atoms with Gasteiger partial charge in [0.25, 0.3) is 0 Å². The summed E-state index contributed by atoms with van der Waals surface area (Å²) in [7, 11) is 0. The molecule has 0 aliphatic rings. The summed E-state index contributed by atoms with van der Waals surface area (Å²) in [4.78, 5) is 1.13. The quantitative estimate of drug-likeness (QED) is 0.796. The van der Waals surface area contributed by atoms with E-state index in [1.54, 1.807) is 11.3 Å². The lowest BCUT2D eigenvalue weighted by molar-refractivity contribution is 0.468. The van der Waals surface area contributed by atoms with E-state index in [0.717, 1.165) is 16.4 Å². The molecule has 1 unspecified atom stereocenters. The lowest BCUT2D eigenvalue weighted by Gasteiger charge is -2.04. The van der Waals surface area contributed by atoms with Gasteiger partial charge in [0.05, 0.1) is 6.04 Å². The van der Waals surface area contributed by atoms with Crippen LogP contribution in [0.4, 0.5) is 0 Å². The fourth-order valence-corrected chi connectivity index (χ4v) is 1.96. The number of nitrogens with two attached hydrogens (primary N) is 1. The number of rotatable bonds is 2. The van der Waals surface area contributed by atoms with Crippen molar-refractivity contribution in [3.05, 3.63) is 46.0 Å². The smallest absolute Gasteiger partial charge is 0.126 e. The Kier molecular flexibility index (Phi) is 2.20. The average molecular weight is 193 g/mol. The van der Waals surface area contributed by atoms with E-state index in [1.807, 2.05) is 36.6 Å². The summed E-state index contributed by atoms with van der Waals surface area (Å²) < 4.78 is 5.45. The minimum atomic E-state index is -0.117. The monoisotopic (exact) mass is 193 g/mol. The summed E-state index contributed by atoms with van der Waals surface area (Å²) in [5.41, 5.74) is 5.99. The lowest BCUT2D eigenvalue weighted by atomic mass is 10.2. The summed E-state index contributed by atoms with van der Waals surface area (Å²) in [6.07, 6.45) is 0. The molecule has 0 spiro atoms. The summed E-state index contributed by atoms with van der Waals surface area (Å²) in [5, 5.41) is 2.02. The van der Waals surface area contributed by atoms with Crippen molar-refractivity contribution in [1.29, 1.82) is 0 Å². The zero-order chi connectivity index (χ0) is 9.26. The van der Waals surface area contributed by atoms with Crippen LogP contribution >= 0.6 is 11.3 Å². The molecule has 0 aliphatic heterocycles. The fourth-order valence-electron chi connectivity index (χ4n) is 1.23. The van der Waals surface area contributed by atoms with Gasteiger partial charge in [0, 0.05) is 4.88 Å². The van der Waals surface area contributed by atoms with Gasteiger partial charge in [-0.05, 0) is 30.5 Å². The van der Waals surface area contributed by atoms with Crippen LogP contribution in [0.15, 0.2) is 34.1 Å². The maximum atomic E-state index is 5.99. The van der Waals surface area contributed by atoms with E-state index in [9.17, 15) is 0 Å². The highest BCUT2D eigenvalue weighted by Gasteiger charge is 2.12. The van der Waals surface area contributed by atoms with Gasteiger partial charge in [-0.1, -0.05) is 6.07 Å². The molecule has 0 aromatic carbocycles. The van der Waals surface area contributed by atoms with E-state index in [2.05, 4.69) is 0 Å². The van der Waals surface area contributed by atoms with Crippen LogP contribution in [-0.4, -0.2) is 0 Å². The number of hydrogen-bond acceptors (Lipinski definition) is 3. The molecule has 2 heterocycles. The molecule has 0 saturated carbocycles. The third-order valence-corrected chi connectivity index (χ3v) is 2.87. The number of aryl methyl sites for hydroxylation is 1. The predicted molar refractivity (Wildman–Crippen MR) is 53.8 cm³/mol. The van der Waals surface area contributed by atoms with Crippen molar-refractivity contribution in [2.75, 3.05) is 0 Å². The SMILES string of the molecule is Cc1ccc(C(N)c2cccs2)o1. The van der Waals surface area contributed by atoms with E-state index in [-0.39, 0.29) is 6.04 Å². The first-order chi connectivity index (χ1) is 6.27. The van der Waals surface area contributed by atoms with E-state index in [4.69, 9.17) is 10.2 Å². The number of hydrogen-bond donors (Lipinski definition) is 1. The zero-order valence-electron chi connectivity index (χ0n) is 7.36. The Morgan fingerprint density at radius 3 is 2.77 bits per heavy atom. The van der Waals surface area contributed by atoms with Crippen molar-refractivity contribution in [3.8, 4) is 0 Å². The fraction of sp³-hybridized carbons (Fsp3) is 0.200. The first-order valence-electron chi connectivity index (χ1n) is 4.12. The Balaban J connectivity index is 2.28. The Labute approximate surface area is 81.0 Å². The Bertz CT molecular complexity index is 377. The molecule has 3 heteroatoms. The third-order valence-electron chi connectivity index (χ3n) is 1.92. The molecule has 2 N–H and O–H groups in total. The van der Waals surface area contributed by atoms with Crippen LogP contribution in [0.25, 0.3) is 0 Å². The molecular weight excluding hydrogens is 182 g/mol. The largest absolute Gasteiger partial charge is 0.464 e. The molecule has 2 aromatic heterocycles. The molecule has 2 rings (SSSR count). The molecule has 13 heavy (non-hydrogen) atoms. The van der Waals surface area contributed by atoms with Gasteiger partial charge >= 0.3 is 0 Å². The standard InChI is InChI=1S/C10H11NOS/c1-7-4-5-8(12-7)10(11)9-3-2-6-13-9/h2-6,10H,11H2,1H3. The minimum absolute atomic E-state index is 0.117. The van der Waals surface area contributed by atoms with E-state index in [0.29, 0.717) is 0 Å². The second kappa shape index (κ2) is 3.36. The molecule has 0 radical (unpaired) electrons. The normalized spacial score (nSPS) is 13.1. The van der Waals surface area contributed by atoms with Crippen molar-refractivity contribution >= 4 is 11.3 Å². The second-order valence-electron chi connectivity index (χ2n) is 2.94. The topological polar surface area (TPSA) is 39.2 Å². The third kappa shape index (κ3) is 1.66. The highest BCUT2D eigenvalue weighted by Crippen LogP contribution is 2.24. The van der Waals surface area contributed by atoms with Gasteiger partial charge in [-0.2, -0.15) is 0 Å². The minimum Gasteiger partial charge on any atom is -0.464 e. The van der Waals surface area contributed by atoms with E-state index < -0.39 is 0 Å². The van der Waals surface area contributed by atoms with Crippen LogP contribution in [0.1, 0.15) is 22.4 Å². The summed E-state index contributed by atoms with van der Waals surface area (Å²) in [6, 6.07) is 7.76. The van der Waals surface area contributed by atoms with Crippen LogP contribution in [0.5, 0.6) is 0 Å². The number of thiophene rings is 1. The van der Waals surface area contributed by atoms with E-state index in [1.165, 1.54) is 0 Å². The van der Waals surface area contributed by atoms with Gasteiger partial charge in [-0.3, -0.25) is 0 Å². The molecular formula is C10H11NOS. The van der Waals surface area contributed by atoms with Crippen LogP contribution in [0, 0.1) is 6.92 Å². The van der Waals surface area contributed by atoms with Crippen LogP contribution in [-0.2, 0) is 0 Å². The molecule has 1 atom stereocenters. The molecule has 68 valence electrons. The van der Waals surface area contributed by atoms with Crippen LogP contribution in [0.2, 0.25) is 0 Å². The molecule has 0 saturated heterocycles. The molecule has 0 amide bonds. The lowest BCUT2D eigenvalue weighted by Crippen LogP contribution is -2.08. The van der Waals surface area contributed by atoms with Gasteiger partial charge in [0.15, 0.2) is 0 Å². The van der Waals surface area contributed by atoms with Crippen LogP contribution in [0.3, 0.4) is 0 Å². The van der Waals surface area contributed by atoms with Crippen molar-refractivity contribution in [2.45, 2.75) is 13.0 Å². The van der Waals surface area contributed by atoms with Crippen molar-refractivity contribution < 1.29 is 4.42 Å². The maximum absolute atomic E-state index is 5.99. The highest BCUT2D eigenvalue weighted by atomic mass is 32.1. The molecule has 0 aliphatic carbocycles. The molecule has 0 bridgehead atoms. The van der Waals surface area contributed by atoms with Crippen molar-refractivity contribution in [1.82, 2.24) is 0 Å². The zero-order valence-corrected chi connectivity index (χ0v) is 8.17. The molecule has 0 fully saturated rings. The Morgan fingerprint density at radius 1 is 1.38 bits per heavy atom. The van der Waals surface area contributed by atoms with Gasteiger partial charge in [0.2, 0.25) is 0 Å². The second-order valence-corrected chi connectivity index (χ2v) is 3.92. The predicted octanol–water partition coefficient (Wildman–Crippen LogP) is 2.70. The average Bonchev–Trinajstić information content (AvgIpc) is 2.72. The van der Waals surface area contributed by atoms with Crippen molar-refractivity contribution in [3.63, 3.8) is 0 Å². The highest BCUT2D eigenvalue weighted by molar-refractivity contribution is 7.10. The van der Waals surface area contributed by atoms with Crippen LogP contribution < -0.4 is 5.73 Å². The Morgan fingerprint density at radius 2 is 2.23 bits per heavy atom.